The van der Waals surface area contributed by atoms with E-state index in [1.807, 2.05) is 0 Å². The highest BCUT2D eigenvalue weighted by Gasteiger charge is 2.25. The van der Waals surface area contributed by atoms with Crippen LogP contribution in [-0.4, -0.2) is 22.8 Å². The summed E-state index contributed by atoms with van der Waals surface area (Å²) in [5, 5.41) is 13.4. The number of nitrogens with zero attached hydrogens (tertiary/aromatic N) is 1. The maximum Gasteiger partial charge on any atom is 0.317 e. The zero-order chi connectivity index (χ0) is 16.2. The summed E-state index contributed by atoms with van der Waals surface area (Å²) in [6.45, 7) is 3.33. The lowest BCUT2D eigenvalue weighted by Crippen LogP contribution is -2.11. The molecule has 0 saturated carbocycles. The van der Waals surface area contributed by atoms with Crippen LogP contribution in [0.15, 0.2) is 12.1 Å². The SMILES string of the molecule is CC(=O)Nc1cc(OC(C)=O)c(OC(C)=O)c([N+](=O)[O-])c1. The van der Waals surface area contributed by atoms with Crippen molar-refractivity contribution >= 4 is 29.2 Å². The summed E-state index contributed by atoms with van der Waals surface area (Å²) in [4.78, 5) is 43.3. The molecular formula is C12H12N2O7. The molecule has 0 aromatic heterocycles. The number of nitro benzene ring substituents is 1. The van der Waals surface area contributed by atoms with Gasteiger partial charge in [-0.2, -0.15) is 0 Å². The number of anilines is 1. The van der Waals surface area contributed by atoms with Crippen LogP contribution < -0.4 is 14.8 Å². The van der Waals surface area contributed by atoms with Crippen LogP contribution in [-0.2, 0) is 14.4 Å². The van der Waals surface area contributed by atoms with Gasteiger partial charge < -0.3 is 14.8 Å². The standard InChI is InChI=1S/C12H12N2O7/c1-6(15)13-9-4-10(14(18)19)12(21-8(3)17)11(5-9)20-7(2)16/h4-5H,1-3H3,(H,13,15). The minimum absolute atomic E-state index is 0.0290. The van der Waals surface area contributed by atoms with E-state index in [0.29, 0.717) is 0 Å². The highest BCUT2D eigenvalue weighted by atomic mass is 16.6. The van der Waals surface area contributed by atoms with E-state index in [2.05, 4.69) is 5.32 Å². The van der Waals surface area contributed by atoms with Crippen molar-refractivity contribution in [3.05, 3.63) is 22.2 Å². The summed E-state index contributed by atoms with van der Waals surface area (Å²) < 4.78 is 9.52. The number of nitro groups is 1. The molecule has 0 aliphatic heterocycles. The summed E-state index contributed by atoms with van der Waals surface area (Å²) in [6.07, 6.45) is 0. The van der Waals surface area contributed by atoms with Crippen LogP contribution in [0.1, 0.15) is 20.8 Å². The van der Waals surface area contributed by atoms with E-state index in [4.69, 9.17) is 9.47 Å². The predicted octanol–water partition coefficient (Wildman–Crippen LogP) is 1.40. The number of nitrogens with one attached hydrogen (secondary N) is 1. The van der Waals surface area contributed by atoms with E-state index >= 15 is 0 Å². The molecule has 1 aromatic carbocycles. The van der Waals surface area contributed by atoms with Gasteiger partial charge >= 0.3 is 17.6 Å². The average molecular weight is 296 g/mol. The predicted molar refractivity (Wildman–Crippen MR) is 70.0 cm³/mol. The van der Waals surface area contributed by atoms with Gasteiger partial charge in [-0.05, 0) is 0 Å². The number of hydrogen-bond acceptors (Lipinski definition) is 7. The fraction of sp³-hybridized carbons (Fsp3) is 0.250. The Bertz CT molecular complexity index is 624. The van der Waals surface area contributed by atoms with Gasteiger partial charge in [0.15, 0.2) is 5.75 Å². The summed E-state index contributed by atoms with van der Waals surface area (Å²) in [6, 6.07) is 2.14. The van der Waals surface area contributed by atoms with Gasteiger partial charge in [0.2, 0.25) is 5.91 Å². The van der Waals surface area contributed by atoms with Crippen LogP contribution >= 0.6 is 0 Å². The van der Waals surface area contributed by atoms with E-state index in [9.17, 15) is 24.5 Å². The number of esters is 2. The van der Waals surface area contributed by atoms with E-state index in [1.54, 1.807) is 0 Å². The second-order valence-corrected chi connectivity index (χ2v) is 3.95. The lowest BCUT2D eigenvalue weighted by atomic mass is 10.2. The molecule has 0 unspecified atom stereocenters. The van der Waals surface area contributed by atoms with Gasteiger partial charge in [-0.25, -0.2) is 0 Å². The van der Waals surface area contributed by atoms with E-state index in [-0.39, 0.29) is 11.4 Å². The van der Waals surface area contributed by atoms with Crippen molar-refractivity contribution in [1.29, 1.82) is 0 Å². The molecule has 0 bridgehead atoms. The molecule has 0 atom stereocenters. The maximum atomic E-state index is 11.0. The Morgan fingerprint density at radius 2 is 1.67 bits per heavy atom. The van der Waals surface area contributed by atoms with Crippen LogP contribution in [0.25, 0.3) is 0 Å². The summed E-state index contributed by atoms with van der Waals surface area (Å²) >= 11 is 0. The fourth-order valence-corrected chi connectivity index (χ4v) is 1.48. The number of rotatable bonds is 4. The molecule has 0 aliphatic carbocycles. The molecule has 0 aliphatic rings. The van der Waals surface area contributed by atoms with Crippen LogP contribution in [0, 0.1) is 10.1 Å². The van der Waals surface area contributed by atoms with Crippen molar-refractivity contribution in [1.82, 2.24) is 0 Å². The molecule has 9 nitrogen and oxygen atoms in total. The van der Waals surface area contributed by atoms with Crippen molar-refractivity contribution in [3.63, 3.8) is 0 Å². The Morgan fingerprint density at radius 1 is 1.10 bits per heavy atom. The smallest absolute Gasteiger partial charge is 0.317 e. The monoisotopic (exact) mass is 296 g/mol. The first-order chi connectivity index (χ1) is 9.70. The third-order valence-corrected chi connectivity index (χ3v) is 2.05. The molecule has 21 heavy (non-hydrogen) atoms. The van der Waals surface area contributed by atoms with E-state index in [0.717, 1.165) is 26.0 Å². The van der Waals surface area contributed by atoms with Crippen LogP contribution in [0.3, 0.4) is 0 Å². The van der Waals surface area contributed by atoms with Crippen molar-refractivity contribution in [2.24, 2.45) is 0 Å². The van der Waals surface area contributed by atoms with Gasteiger partial charge in [-0.15, -0.1) is 0 Å². The number of amides is 1. The Labute approximate surface area is 119 Å². The first-order valence-corrected chi connectivity index (χ1v) is 5.67. The lowest BCUT2D eigenvalue weighted by molar-refractivity contribution is -0.385. The molecule has 9 heteroatoms. The Morgan fingerprint density at radius 3 is 2.10 bits per heavy atom. The van der Waals surface area contributed by atoms with Gasteiger partial charge in [0.1, 0.15) is 0 Å². The van der Waals surface area contributed by atoms with E-state index < -0.39 is 34.2 Å². The lowest BCUT2D eigenvalue weighted by Gasteiger charge is -2.11. The number of carbonyl (C=O) groups is 3. The topological polar surface area (TPSA) is 125 Å². The zero-order valence-corrected chi connectivity index (χ0v) is 11.5. The quantitative estimate of drug-likeness (QED) is 0.385. The van der Waals surface area contributed by atoms with Gasteiger partial charge in [-0.1, -0.05) is 0 Å². The van der Waals surface area contributed by atoms with Gasteiger partial charge in [0, 0.05) is 32.9 Å². The third kappa shape index (κ3) is 4.56. The van der Waals surface area contributed by atoms with Crippen LogP contribution in [0.4, 0.5) is 11.4 Å². The molecule has 0 fully saturated rings. The maximum absolute atomic E-state index is 11.0. The minimum Gasteiger partial charge on any atom is -0.422 e. The van der Waals surface area contributed by atoms with Crippen molar-refractivity contribution < 1.29 is 28.8 Å². The third-order valence-electron chi connectivity index (χ3n) is 2.05. The molecule has 0 spiro atoms. The summed E-state index contributed by atoms with van der Waals surface area (Å²) in [7, 11) is 0. The molecule has 112 valence electrons. The average Bonchev–Trinajstić information content (AvgIpc) is 2.29. The number of carbonyl (C=O) groups excluding carboxylic acids is 3. The normalized spacial score (nSPS) is 9.67. The highest BCUT2D eigenvalue weighted by Crippen LogP contribution is 2.40. The number of benzene rings is 1. The molecule has 1 N–H and O–H groups in total. The van der Waals surface area contributed by atoms with Crippen LogP contribution in [0.2, 0.25) is 0 Å². The second-order valence-electron chi connectivity index (χ2n) is 3.95. The Balaban J connectivity index is 3.48. The summed E-state index contributed by atoms with van der Waals surface area (Å²) in [5.74, 6) is -2.90. The molecule has 1 aromatic rings. The van der Waals surface area contributed by atoms with Crippen LogP contribution in [0.5, 0.6) is 11.5 Å². The fourth-order valence-electron chi connectivity index (χ4n) is 1.48. The van der Waals surface area contributed by atoms with Crippen molar-refractivity contribution in [2.75, 3.05) is 5.32 Å². The highest BCUT2D eigenvalue weighted by molar-refractivity contribution is 5.90. The van der Waals surface area contributed by atoms with E-state index in [1.165, 1.54) is 6.92 Å². The first-order valence-electron chi connectivity index (χ1n) is 5.67. The van der Waals surface area contributed by atoms with Gasteiger partial charge in [-0.3, -0.25) is 24.5 Å². The Kier molecular flexibility index (Phi) is 4.95. The minimum atomic E-state index is -0.823. The van der Waals surface area contributed by atoms with Crippen molar-refractivity contribution in [3.8, 4) is 11.5 Å². The molecule has 0 heterocycles. The molecule has 1 rings (SSSR count). The number of hydrogen-bond donors (Lipinski definition) is 1. The van der Waals surface area contributed by atoms with Gasteiger partial charge in [0.25, 0.3) is 5.75 Å². The molecule has 0 saturated heterocycles. The number of ether oxygens (including phenoxy) is 2. The largest absolute Gasteiger partial charge is 0.422 e. The zero-order valence-electron chi connectivity index (χ0n) is 11.5. The first kappa shape index (κ1) is 16.1. The second kappa shape index (κ2) is 6.46. The Hall–Kier alpha value is -2.97. The summed E-state index contributed by atoms with van der Waals surface area (Å²) in [5.41, 5.74) is -0.589. The molecule has 1 amide bonds. The van der Waals surface area contributed by atoms with Gasteiger partial charge in [0.05, 0.1) is 10.6 Å². The molecular weight excluding hydrogens is 284 g/mol. The molecule has 0 radical (unpaired) electrons. The van der Waals surface area contributed by atoms with Crippen molar-refractivity contribution in [2.45, 2.75) is 20.8 Å².